The standard InChI is InChI=1S/C17H15NO4S/c19-16(18-6-5-10(8-18)17(20)21)14-7-11-9-22-13-4-2-1-3-12(13)15(11)23-14/h1-4,7,10H,5-6,8-9H2,(H,20,21). The van der Waals surface area contributed by atoms with Gasteiger partial charge >= 0.3 is 5.97 Å². The van der Waals surface area contributed by atoms with E-state index in [2.05, 4.69) is 0 Å². The van der Waals surface area contributed by atoms with Gasteiger partial charge in [0.2, 0.25) is 0 Å². The summed E-state index contributed by atoms with van der Waals surface area (Å²) in [6, 6.07) is 9.69. The molecule has 0 aliphatic carbocycles. The van der Waals surface area contributed by atoms with Crippen LogP contribution in [0.25, 0.3) is 10.4 Å². The van der Waals surface area contributed by atoms with Crippen LogP contribution in [0.2, 0.25) is 0 Å². The zero-order valence-electron chi connectivity index (χ0n) is 12.3. The smallest absolute Gasteiger partial charge is 0.308 e. The van der Waals surface area contributed by atoms with Gasteiger partial charge in [-0.15, -0.1) is 11.3 Å². The van der Waals surface area contributed by atoms with E-state index in [4.69, 9.17) is 9.84 Å². The molecule has 1 atom stereocenters. The monoisotopic (exact) mass is 329 g/mol. The molecule has 0 saturated carbocycles. The molecule has 1 N–H and O–H groups in total. The topological polar surface area (TPSA) is 66.8 Å². The molecule has 1 aromatic carbocycles. The third kappa shape index (κ3) is 2.39. The molecule has 1 fully saturated rings. The van der Waals surface area contributed by atoms with E-state index in [0.29, 0.717) is 31.0 Å². The summed E-state index contributed by atoms with van der Waals surface area (Å²) in [5, 5.41) is 9.07. The van der Waals surface area contributed by atoms with Gasteiger partial charge in [0.1, 0.15) is 12.4 Å². The number of hydrogen-bond acceptors (Lipinski definition) is 4. The number of carbonyl (C=O) groups excluding carboxylic acids is 1. The normalized spacial score (nSPS) is 19.0. The molecule has 6 heteroatoms. The van der Waals surface area contributed by atoms with Crippen molar-refractivity contribution in [3.63, 3.8) is 0 Å². The quantitative estimate of drug-likeness (QED) is 0.920. The number of aliphatic carboxylic acids is 1. The van der Waals surface area contributed by atoms with Gasteiger partial charge in [-0.25, -0.2) is 0 Å². The number of likely N-dealkylation sites (tertiary alicyclic amines) is 1. The summed E-state index contributed by atoms with van der Waals surface area (Å²) in [6.45, 7) is 1.27. The lowest BCUT2D eigenvalue weighted by atomic mass is 10.1. The molecule has 0 radical (unpaired) electrons. The van der Waals surface area contributed by atoms with Gasteiger partial charge in [0.25, 0.3) is 5.91 Å². The van der Waals surface area contributed by atoms with Gasteiger partial charge in [0, 0.05) is 29.1 Å². The fourth-order valence-electron chi connectivity index (χ4n) is 3.11. The molecule has 1 saturated heterocycles. The highest BCUT2D eigenvalue weighted by Gasteiger charge is 2.32. The molecule has 2 aliphatic rings. The van der Waals surface area contributed by atoms with Crippen LogP contribution in [0.5, 0.6) is 5.75 Å². The molecule has 2 aliphatic heterocycles. The van der Waals surface area contributed by atoms with Crippen molar-refractivity contribution < 1.29 is 19.4 Å². The van der Waals surface area contributed by atoms with E-state index in [0.717, 1.165) is 21.8 Å². The second kappa shape index (κ2) is 5.38. The maximum Gasteiger partial charge on any atom is 0.308 e. The Labute approximate surface area is 137 Å². The Balaban J connectivity index is 1.62. The van der Waals surface area contributed by atoms with Crippen molar-refractivity contribution in [3.8, 4) is 16.2 Å². The van der Waals surface area contributed by atoms with Crippen LogP contribution in [0.15, 0.2) is 30.3 Å². The number of amides is 1. The van der Waals surface area contributed by atoms with Crippen LogP contribution in [0.4, 0.5) is 0 Å². The van der Waals surface area contributed by atoms with Gasteiger partial charge in [-0.3, -0.25) is 9.59 Å². The highest BCUT2D eigenvalue weighted by molar-refractivity contribution is 7.17. The summed E-state index contributed by atoms with van der Waals surface area (Å²) in [6.07, 6.45) is 0.526. The minimum absolute atomic E-state index is 0.0781. The minimum Gasteiger partial charge on any atom is -0.488 e. The van der Waals surface area contributed by atoms with Crippen molar-refractivity contribution in [1.82, 2.24) is 4.90 Å². The van der Waals surface area contributed by atoms with Crippen molar-refractivity contribution in [2.24, 2.45) is 5.92 Å². The average Bonchev–Trinajstić information content (AvgIpc) is 3.21. The van der Waals surface area contributed by atoms with Crippen molar-refractivity contribution >= 4 is 23.2 Å². The molecule has 118 valence electrons. The third-order valence-corrected chi connectivity index (χ3v) is 5.56. The maximum atomic E-state index is 12.6. The molecule has 2 aromatic rings. The molecular weight excluding hydrogens is 314 g/mol. The predicted molar refractivity (Wildman–Crippen MR) is 85.7 cm³/mol. The lowest BCUT2D eigenvalue weighted by Crippen LogP contribution is -2.29. The molecule has 3 heterocycles. The zero-order valence-corrected chi connectivity index (χ0v) is 13.1. The summed E-state index contributed by atoms with van der Waals surface area (Å²) >= 11 is 1.46. The first kappa shape index (κ1) is 14.3. The Morgan fingerprint density at radius 3 is 2.91 bits per heavy atom. The number of rotatable bonds is 2. The first-order chi connectivity index (χ1) is 11.1. The number of carboxylic acid groups (broad SMARTS) is 1. The number of ether oxygens (including phenoxy) is 1. The predicted octanol–water partition coefficient (Wildman–Crippen LogP) is 2.85. The largest absolute Gasteiger partial charge is 0.488 e. The molecular formula is C17H15NO4S. The molecule has 1 amide bonds. The summed E-state index contributed by atoms with van der Waals surface area (Å²) in [7, 11) is 0. The number of thiophene rings is 1. The lowest BCUT2D eigenvalue weighted by Gasteiger charge is -2.16. The van der Waals surface area contributed by atoms with Crippen molar-refractivity contribution in [1.29, 1.82) is 0 Å². The van der Waals surface area contributed by atoms with Gasteiger partial charge in [-0.05, 0) is 24.6 Å². The van der Waals surface area contributed by atoms with E-state index in [1.807, 2.05) is 30.3 Å². The van der Waals surface area contributed by atoms with Gasteiger partial charge in [0.15, 0.2) is 0 Å². The summed E-state index contributed by atoms with van der Waals surface area (Å²) in [5.41, 5.74) is 2.04. The second-order valence-electron chi connectivity index (χ2n) is 5.82. The van der Waals surface area contributed by atoms with E-state index >= 15 is 0 Å². The number of carbonyl (C=O) groups is 2. The van der Waals surface area contributed by atoms with Crippen LogP contribution in [-0.4, -0.2) is 35.0 Å². The second-order valence-corrected chi connectivity index (χ2v) is 6.88. The zero-order chi connectivity index (χ0) is 16.0. The van der Waals surface area contributed by atoms with Crippen LogP contribution in [-0.2, 0) is 11.4 Å². The van der Waals surface area contributed by atoms with Crippen LogP contribution in [0.1, 0.15) is 21.7 Å². The number of nitrogens with zero attached hydrogens (tertiary/aromatic N) is 1. The number of benzene rings is 1. The Morgan fingerprint density at radius 2 is 2.13 bits per heavy atom. The molecule has 23 heavy (non-hydrogen) atoms. The average molecular weight is 329 g/mol. The number of fused-ring (bicyclic) bond motifs is 3. The lowest BCUT2D eigenvalue weighted by molar-refractivity contribution is -0.141. The molecule has 4 rings (SSSR count). The Hall–Kier alpha value is -2.34. The maximum absolute atomic E-state index is 12.6. The van der Waals surface area contributed by atoms with E-state index in [-0.39, 0.29) is 5.91 Å². The Morgan fingerprint density at radius 1 is 1.30 bits per heavy atom. The molecule has 0 spiro atoms. The summed E-state index contributed by atoms with van der Waals surface area (Å²) in [4.78, 5) is 27.1. The molecule has 1 unspecified atom stereocenters. The van der Waals surface area contributed by atoms with Crippen LogP contribution in [0.3, 0.4) is 0 Å². The molecule has 1 aromatic heterocycles. The van der Waals surface area contributed by atoms with Gasteiger partial charge in [0.05, 0.1) is 10.8 Å². The third-order valence-electron chi connectivity index (χ3n) is 4.36. The van der Waals surface area contributed by atoms with E-state index in [1.165, 1.54) is 11.3 Å². The van der Waals surface area contributed by atoms with Crippen molar-refractivity contribution in [2.75, 3.05) is 13.1 Å². The van der Waals surface area contributed by atoms with E-state index < -0.39 is 11.9 Å². The first-order valence-corrected chi connectivity index (χ1v) is 8.32. The molecule has 0 bridgehead atoms. The van der Waals surface area contributed by atoms with Crippen molar-refractivity contribution in [3.05, 3.63) is 40.8 Å². The van der Waals surface area contributed by atoms with Crippen LogP contribution < -0.4 is 4.74 Å². The summed E-state index contributed by atoms with van der Waals surface area (Å²) in [5.74, 6) is -0.510. The Bertz CT molecular complexity index is 798. The fourth-order valence-corrected chi connectivity index (χ4v) is 4.27. The highest BCUT2D eigenvalue weighted by Crippen LogP contribution is 2.42. The number of carboxylic acids is 1. The SMILES string of the molecule is O=C(O)C1CCN(C(=O)c2cc3c(s2)-c2ccccc2OC3)C1. The van der Waals surface area contributed by atoms with Crippen LogP contribution in [0, 0.1) is 5.92 Å². The molecule has 5 nitrogen and oxygen atoms in total. The first-order valence-electron chi connectivity index (χ1n) is 7.50. The van der Waals surface area contributed by atoms with Gasteiger partial charge in [-0.2, -0.15) is 0 Å². The number of hydrogen-bond donors (Lipinski definition) is 1. The van der Waals surface area contributed by atoms with E-state index in [1.54, 1.807) is 4.90 Å². The summed E-state index contributed by atoms with van der Waals surface area (Å²) < 4.78 is 5.72. The van der Waals surface area contributed by atoms with Crippen LogP contribution >= 0.6 is 11.3 Å². The van der Waals surface area contributed by atoms with Gasteiger partial charge in [-0.1, -0.05) is 12.1 Å². The van der Waals surface area contributed by atoms with Gasteiger partial charge < -0.3 is 14.7 Å². The minimum atomic E-state index is -0.826. The van der Waals surface area contributed by atoms with E-state index in [9.17, 15) is 9.59 Å². The fraction of sp³-hybridized carbons (Fsp3) is 0.294. The van der Waals surface area contributed by atoms with Crippen molar-refractivity contribution in [2.45, 2.75) is 13.0 Å². The Kier molecular flexibility index (Phi) is 3.34. The highest BCUT2D eigenvalue weighted by atomic mass is 32.1. The number of para-hydroxylation sites is 1.